The first-order valence-electron chi connectivity index (χ1n) is 7.42. The van der Waals surface area contributed by atoms with Gasteiger partial charge in [-0.05, 0) is 30.3 Å². The summed E-state index contributed by atoms with van der Waals surface area (Å²) in [6.45, 7) is -0.210. The van der Waals surface area contributed by atoms with Crippen LogP contribution in [-0.2, 0) is 11.3 Å². The first-order valence-corrected chi connectivity index (χ1v) is 7.42. The van der Waals surface area contributed by atoms with E-state index in [1.165, 1.54) is 37.0 Å². The third-order valence-corrected chi connectivity index (χ3v) is 3.71. The van der Waals surface area contributed by atoms with Gasteiger partial charge in [0.15, 0.2) is 11.5 Å². The lowest BCUT2D eigenvalue weighted by Gasteiger charge is -2.11. The average Bonchev–Trinajstić information content (AvgIpc) is 2.89. The Labute approximate surface area is 142 Å². The zero-order valence-electron chi connectivity index (χ0n) is 13.6. The number of anilines is 1. The van der Waals surface area contributed by atoms with Gasteiger partial charge in [-0.25, -0.2) is 9.18 Å². The van der Waals surface area contributed by atoms with Crippen molar-refractivity contribution in [3.63, 3.8) is 0 Å². The second-order valence-electron chi connectivity index (χ2n) is 5.30. The minimum absolute atomic E-state index is 0.210. The monoisotopic (exact) mass is 345 g/mol. The molecule has 0 aliphatic rings. The maximum absolute atomic E-state index is 13.2. The van der Waals surface area contributed by atoms with E-state index in [0.29, 0.717) is 28.2 Å². The average molecular weight is 345 g/mol. The molecular weight excluding hydrogens is 329 g/mol. The van der Waals surface area contributed by atoms with Gasteiger partial charge in [0.1, 0.15) is 12.4 Å². The molecule has 0 saturated heterocycles. The first kappa shape index (κ1) is 16.6. The van der Waals surface area contributed by atoms with Gasteiger partial charge in [-0.3, -0.25) is 9.36 Å². The molecular formula is C17H16FN3O4. The molecule has 0 unspecified atom stereocenters. The zero-order valence-corrected chi connectivity index (χ0v) is 13.6. The Bertz CT molecular complexity index is 993. The number of carbonyl (C=O) groups is 1. The lowest BCUT2D eigenvalue weighted by Crippen LogP contribution is -2.25. The molecule has 0 atom stereocenters. The Kier molecular flexibility index (Phi) is 4.42. The van der Waals surface area contributed by atoms with E-state index in [1.807, 2.05) is 0 Å². The quantitative estimate of drug-likeness (QED) is 0.742. The highest BCUT2D eigenvalue weighted by Crippen LogP contribution is 2.29. The van der Waals surface area contributed by atoms with Crippen LogP contribution in [0.4, 0.5) is 10.1 Å². The lowest BCUT2D eigenvalue weighted by atomic mass is 10.2. The molecule has 25 heavy (non-hydrogen) atoms. The summed E-state index contributed by atoms with van der Waals surface area (Å²) >= 11 is 0. The number of nitrogens with zero attached hydrogens (tertiary/aromatic N) is 1. The molecule has 0 fully saturated rings. The second-order valence-corrected chi connectivity index (χ2v) is 5.30. The SMILES string of the molecule is COc1ccc(NC(=O)Cn2c(=O)[nH]c3cc(F)ccc32)cc1OC. The number of fused-ring (bicyclic) bond motifs is 1. The van der Waals surface area contributed by atoms with Gasteiger partial charge in [-0.1, -0.05) is 0 Å². The third kappa shape index (κ3) is 3.32. The molecule has 130 valence electrons. The number of ether oxygens (including phenoxy) is 2. The molecule has 2 aromatic carbocycles. The number of hydrogen-bond acceptors (Lipinski definition) is 4. The molecule has 1 aromatic heterocycles. The molecule has 3 aromatic rings. The van der Waals surface area contributed by atoms with Crippen molar-refractivity contribution in [3.05, 3.63) is 52.7 Å². The summed E-state index contributed by atoms with van der Waals surface area (Å²) in [7, 11) is 3.01. The standard InChI is InChI=1S/C17H16FN3O4/c1-24-14-6-4-11(8-15(14)25-2)19-16(22)9-21-13-5-3-10(18)7-12(13)20-17(21)23/h3-8H,9H2,1-2H3,(H,19,22)(H,20,23). The summed E-state index contributed by atoms with van der Waals surface area (Å²) in [4.78, 5) is 26.8. The maximum atomic E-state index is 13.2. The van der Waals surface area contributed by atoms with E-state index < -0.39 is 17.4 Å². The van der Waals surface area contributed by atoms with Crippen LogP contribution < -0.4 is 20.5 Å². The lowest BCUT2D eigenvalue weighted by molar-refractivity contribution is -0.116. The fraction of sp³-hybridized carbons (Fsp3) is 0.176. The summed E-state index contributed by atoms with van der Waals surface area (Å²) in [5.41, 5.74) is 0.808. The Morgan fingerprint density at radius 2 is 1.92 bits per heavy atom. The number of amides is 1. The summed E-state index contributed by atoms with van der Waals surface area (Å²) < 4.78 is 24.8. The van der Waals surface area contributed by atoms with Gasteiger partial charge in [0.2, 0.25) is 5.91 Å². The van der Waals surface area contributed by atoms with Crippen molar-refractivity contribution in [2.24, 2.45) is 0 Å². The molecule has 0 saturated carbocycles. The largest absolute Gasteiger partial charge is 0.493 e. The highest BCUT2D eigenvalue weighted by molar-refractivity contribution is 5.92. The van der Waals surface area contributed by atoms with Crippen LogP contribution in [0.1, 0.15) is 0 Å². The molecule has 0 spiro atoms. The topological polar surface area (TPSA) is 85.4 Å². The highest BCUT2D eigenvalue weighted by Gasteiger charge is 2.12. The van der Waals surface area contributed by atoms with E-state index in [9.17, 15) is 14.0 Å². The number of hydrogen-bond donors (Lipinski definition) is 2. The minimum atomic E-state index is -0.483. The molecule has 1 heterocycles. The van der Waals surface area contributed by atoms with Gasteiger partial charge >= 0.3 is 5.69 Å². The molecule has 0 aliphatic heterocycles. The number of H-pyrrole nitrogens is 1. The van der Waals surface area contributed by atoms with Crippen molar-refractivity contribution in [2.75, 3.05) is 19.5 Å². The minimum Gasteiger partial charge on any atom is -0.493 e. The normalized spacial score (nSPS) is 10.7. The number of carbonyl (C=O) groups excluding carboxylic acids is 1. The van der Waals surface area contributed by atoms with Crippen molar-refractivity contribution in [1.82, 2.24) is 9.55 Å². The number of halogens is 1. The smallest absolute Gasteiger partial charge is 0.326 e. The van der Waals surface area contributed by atoms with Gasteiger partial charge in [0, 0.05) is 11.8 Å². The van der Waals surface area contributed by atoms with Crippen LogP contribution >= 0.6 is 0 Å². The van der Waals surface area contributed by atoms with Crippen LogP contribution in [0.15, 0.2) is 41.2 Å². The molecule has 1 amide bonds. The molecule has 0 aliphatic carbocycles. The number of aromatic nitrogens is 2. The first-order chi connectivity index (χ1) is 12.0. The zero-order chi connectivity index (χ0) is 18.0. The fourth-order valence-corrected chi connectivity index (χ4v) is 2.55. The number of nitrogens with one attached hydrogen (secondary N) is 2. The number of methoxy groups -OCH3 is 2. The second kappa shape index (κ2) is 6.68. The van der Waals surface area contributed by atoms with Crippen molar-refractivity contribution in [1.29, 1.82) is 0 Å². The molecule has 0 radical (unpaired) electrons. The van der Waals surface area contributed by atoms with E-state index in [1.54, 1.807) is 18.2 Å². The molecule has 8 heteroatoms. The van der Waals surface area contributed by atoms with Gasteiger partial charge in [0.25, 0.3) is 0 Å². The molecule has 7 nitrogen and oxygen atoms in total. The van der Waals surface area contributed by atoms with E-state index in [-0.39, 0.29) is 6.54 Å². The van der Waals surface area contributed by atoms with Crippen LogP contribution in [0.5, 0.6) is 11.5 Å². The van der Waals surface area contributed by atoms with Crippen LogP contribution in [0.2, 0.25) is 0 Å². The van der Waals surface area contributed by atoms with Crippen LogP contribution in [-0.4, -0.2) is 29.7 Å². The third-order valence-electron chi connectivity index (χ3n) is 3.71. The van der Waals surface area contributed by atoms with E-state index in [2.05, 4.69) is 10.3 Å². The molecule has 0 bridgehead atoms. The van der Waals surface area contributed by atoms with Crippen molar-refractivity contribution in [3.8, 4) is 11.5 Å². The summed E-state index contributed by atoms with van der Waals surface area (Å²) in [5, 5.41) is 2.69. The number of rotatable bonds is 5. The Balaban J connectivity index is 1.82. The van der Waals surface area contributed by atoms with Crippen molar-refractivity contribution < 1.29 is 18.7 Å². The molecule has 3 rings (SSSR count). The Morgan fingerprint density at radius 1 is 1.16 bits per heavy atom. The van der Waals surface area contributed by atoms with E-state index in [0.717, 1.165) is 0 Å². The number of aromatic amines is 1. The fourth-order valence-electron chi connectivity index (χ4n) is 2.55. The van der Waals surface area contributed by atoms with Gasteiger partial charge in [-0.15, -0.1) is 0 Å². The number of imidazole rings is 1. The summed E-state index contributed by atoms with van der Waals surface area (Å²) in [5.74, 6) is 0.144. The summed E-state index contributed by atoms with van der Waals surface area (Å²) in [6.07, 6.45) is 0. The predicted octanol–water partition coefficient (Wildman–Crippen LogP) is 2.12. The van der Waals surface area contributed by atoms with Crippen LogP contribution in [0.3, 0.4) is 0 Å². The van der Waals surface area contributed by atoms with Crippen molar-refractivity contribution >= 4 is 22.6 Å². The highest BCUT2D eigenvalue weighted by atomic mass is 19.1. The number of benzene rings is 2. The summed E-state index contributed by atoms with van der Waals surface area (Å²) in [6, 6.07) is 8.83. The van der Waals surface area contributed by atoms with Gasteiger partial charge in [-0.2, -0.15) is 0 Å². The molecule has 2 N–H and O–H groups in total. The Hall–Kier alpha value is -3.29. The van der Waals surface area contributed by atoms with Gasteiger partial charge in [0.05, 0.1) is 25.3 Å². The van der Waals surface area contributed by atoms with E-state index in [4.69, 9.17) is 9.47 Å². The van der Waals surface area contributed by atoms with Crippen molar-refractivity contribution in [2.45, 2.75) is 6.54 Å². The predicted molar refractivity (Wildman–Crippen MR) is 90.7 cm³/mol. The van der Waals surface area contributed by atoms with Crippen LogP contribution in [0.25, 0.3) is 11.0 Å². The maximum Gasteiger partial charge on any atom is 0.326 e. The van der Waals surface area contributed by atoms with Crippen LogP contribution in [0, 0.1) is 5.82 Å². The van der Waals surface area contributed by atoms with E-state index >= 15 is 0 Å². The van der Waals surface area contributed by atoms with Gasteiger partial charge < -0.3 is 19.8 Å². The Morgan fingerprint density at radius 3 is 2.64 bits per heavy atom.